The SMILES string of the molecule is CC(C)(C)OC(=O)N1CC(CC2CCCC2)CC1C(=O)O. The maximum Gasteiger partial charge on any atom is 0.411 e. The molecule has 1 saturated carbocycles. The van der Waals surface area contributed by atoms with Crippen molar-refractivity contribution in [3.63, 3.8) is 0 Å². The van der Waals surface area contributed by atoms with Crippen LogP contribution < -0.4 is 0 Å². The third kappa shape index (κ3) is 4.35. The number of amides is 1. The lowest BCUT2D eigenvalue weighted by molar-refractivity contribution is -0.142. The molecule has 2 fully saturated rings. The normalized spacial score (nSPS) is 27.1. The number of nitrogens with zero attached hydrogens (tertiary/aromatic N) is 1. The number of carbonyl (C=O) groups is 2. The fraction of sp³-hybridized carbons (Fsp3) is 0.875. The van der Waals surface area contributed by atoms with Crippen LogP contribution in [0.1, 0.15) is 59.3 Å². The van der Waals surface area contributed by atoms with Crippen LogP contribution in [0, 0.1) is 11.8 Å². The monoisotopic (exact) mass is 297 g/mol. The van der Waals surface area contributed by atoms with Crippen molar-refractivity contribution < 1.29 is 19.4 Å². The fourth-order valence-corrected chi connectivity index (χ4v) is 3.57. The zero-order valence-corrected chi connectivity index (χ0v) is 13.3. The zero-order chi connectivity index (χ0) is 15.6. The van der Waals surface area contributed by atoms with Crippen molar-refractivity contribution in [1.82, 2.24) is 4.90 Å². The van der Waals surface area contributed by atoms with Gasteiger partial charge in [0, 0.05) is 6.54 Å². The summed E-state index contributed by atoms with van der Waals surface area (Å²) in [5.74, 6) is 0.0829. The van der Waals surface area contributed by atoms with Gasteiger partial charge in [0.25, 0.3) is 0 Å². The molecule has 0 radical (unpaired) electrons. The molecule has 1 heterocycles. The largest absolute Gasteiger partial charge is 0.480 e. The van der Waals surface area contributed by atoms with Crippen molar-refractivity contribution >= 4 is 12.1 Å². The first kappa shape index (κ1) is 16.1. The van der Waals surface area contributed by atoms with E-state index in [-0.39, 0.29) is 0 Å². The van der Waals surface area contributed by atoms with E-state index < -0.39 is 23.7 Å². The van der Waals surface area contributed by atoms with E-state index in [0.717, 1.165) is 6.42 Å². The molecule has 0 aromatic heterocycles. The van der Waals surface area contributed by atoms with Crippen LogP contribution in [0.3, 0.4) is 0 Å². The molecular weight excluding hydrogens is 270 g/mol. The van der Waals surface area contributed by atoms with E-state index in [4.69, 9.17) is 4.74 Å². The molecule has 5 heteroatoms. The van der Waals surface area contributed by atoms with Crippen molar-refractivity contribution in [2.24, 2.45) is 11.8 Å². The second-order valence-electron chi connectivity index (χ2n) is 7.47. The summed E-state index contributed by atoms with van der Waals surface area (Å²) in [5, 5.41) is 9.36. The summed E-state index contributed by atoms with van der Waals surface area (Å²) < 4.78 is 5.34. The molecule has 2 atom stereocenters. The number of rotatable bonds is 3. The molecule has 5 nitrogen and oxygen atoms in total. The number of carboxylic acid groups (broad SMARTS) is 1. The molecule has 2 unspecified atom stereocenters. The Hall–Kier alpha value is -1.26. The summed E-state index contributed by atoms with van der Waals surface area (Å²) in [6.07, 6.45) is 6.18. The molecule has 120 valence electrons. The van der Waals surface area contributed by atoms with E-state index in [1.807, 2.05) is 0 Å². The predicted octanol–water partition coefficient (Wildman–Crippen LogP) is 3.28. The summed E-state index contributed by atoms with van der Waals surface area (Å²) in [6.45, 7) is 5.91. The minimum absolute atomic E-state index is 0.293. The van der Waals surface area contributed by atoms with Crippen LogP contribution in [-0.2, 0) is 9.53 Å². The third-order valence-electron chi connectivity index (χ3n) is 4.44. The number of carboxylic acids is 1. The van der Waals surface area contributed by atoms with E-state index >= 15 is 0 Å². The standard InChI is InChI=1S/C16H27NO4/c1-16(2,3)21-15(20)17-10-12(9-13(17)14(18)19)8-11-6-4-5-7-11/h11-13H,4-10H2,1-3H3,(H,18,19). The number of ether oxygens (including phenoxy) is 1. The predicted molar refractivity (Wildman–Crippen MR) is 79.0 cm³/mol. The number of hydrogen-bond acceptors (Lipinski definition) is 3. The van der Waals surface area contributed by atoms with Crippen LogP contribution in [0.5, 0.6) is 0 Å². The zero-order valence-electron chi connectivity index (χ0n) is 13.3. The maximum atomic E-state index is 12.2. The van der Waals surface area contributed by atoms with Gasteiger partial charge in [0.05, 0.1) is 0 Å². The molecule has 0 aromatic rings. The van der Waals surface area contributed by atoms with Gasteiger partial charge in [0.2, 0.25) is 0 Å². The molecule has 0 spiro atoms. The number of likely N-dealkylation sites (tertiary alicyclic amines) is 1. The first-order chi connectivity index (χ1) is 9.76. The molecule has 21 heavy (non-hydrogen) atoms. The molecule has 1 N–H and O–H groups in total. The Labute approximate surface area is 126 Å². The highest BCUT2D eigenvalue weighted by atomic mass is 16.6. The number of aliphatic carboxylic acids is 1. The van der Waals surface area contributed by atoms with Gasteiger partial charge in [0.1, 0.15) is 11.6 Å². The molecule has 0 bridgehead atoms. The third-order valence-corrected chi connectivity index (χ3v) is 4.44. The molecule has 2 aliphatic rings. The molecule has 1 aliphatic carbocycles. The lowest BCUT2D eigenvalue weighted by Crippen LogP contribution is -2.43. The van der Waals surface area contributed by atoms with E-state index in [0.29, 0.717) is 24.8 Å². The summed E-state index contributed by atoms with van der Waals surface area (Å²) in [5.41, 5.74) is -0.594. The first-order valence-corrected chi connectivity index (χ1v) is 7.98. The van der Waals surface area contributed by atoms with Crippen molar-refractivity contribution in [2.75, 3.05) is 6.54 Å². The van der Waals surface area contributed by atoms with Gasteiger partial charge in [-0.15, -0.1) is 0 Å². The summed E-state index contributed by atoms with van der Waals surface area (Å²) in [6, 6.07) is -0.730. The maximum absolute atomic E-state index is 12.2. The van der Waals surface area contributed by atoms with E-state index in [9.17, 15) is 14.7 Å². The molecule has 0 aromatic carbocycles. The highest BCUT2D eigenvalue weighted by Crippen LogP contribution is 2.36. The Balaban J connectivity index is 1.97. The van der Waals surface area contributed by atoms with Gasteiger partial charge >= 0.3 is 12.1 Å². The van der Waals surface area contributed by atoms with Gasteiger partial charge in [-0.05, 0) is 45.4 Å². The summed E-state index contributed by atoms with van der Waals surface area (Å²) >= 11 is 0. The average Bonchev–Trinajstić information content (AvgIpc) is 2.96. The quantitative estimate of drug-likeness (QED) is 0.868. The van der Waals surface area contributed by atoms with Gasteiger partial charge in [-0.2, -0.15) is 0 Å². The lowest BCUT2D eigenvalue weighted by Gasteiger charge is -2.27. The van der Waals surface area contributed by atoms with E-state index in [1.54, 1.807) is 20.8 Å². The van der Waals surface area contributed by atoms with E-state index in [1.165, 1.54) is 30.6 Å². The molecule has 1 saturated heterocycles. The minimum atomic E-state index is -0.921. The van der Waals surface area contributed by atoms with Crippen molar-refractivity contribution in [3.8, 4) is 0 Å². The summed E-state index contributed by atoms with van der Waals surface area (Å²) in [7, 11) is 0. The van der Waals surface area contributed by atoms with Crippen molar-refractivity contribution in [3.05, 3.63) is 0 Å². The van der Waals surface area contributed by atoms with Gasteiger partial charge in [-0.25, -0.2) is 9.59 Å². The first-order valence-electron chi connectivity index (χ1n) is 7.98. The summed E-state index contributed by atoms with van der Waals surface area (Å²) in [4.78, 5) is 25.0. The average molecular weight is 297 g/mol. The lowest BCUT2D eigenvalue weighted by atomic mass is 9.91. The topological polar surface area (TPSA) is 66.8 Å². The Kier molecular flexibility index (Phi) is 4.79. The van der Waals surface area contributed by atoms with Crippen molar-refractivity contribution in [1.29, 1.82) is 0 Å². The van der Waals surface area contributed by atoms with Crippen LogP contribution in [-0.4, -0.2) is 40.3 Å². The van der Waals surface area contributed by atoms with Gasteiger partial charge in [-0.1, -0.05) is 25.7 Å². The van der Waals surface area contributed by atoms with Crippen LogP contribution in [0.4, 0.5) is 4.79 Å². The number of hydrogen-bond donors (Lipinski definition) is 1. The Morgan fingerprint density at radius 3 is 2.33 bits per heavy atom. The molecule has 1 aliphatic heterocycles. The van der Waals surface area contributed by atoms with Crippen molar-refractivity contribution in [2.45, 2.75) is 70.9 Å². The minimum Gasteiger partial charge on any atom is -0.480 e. The molecular formula is C16H27NO4. The van der Waals surface area contributed by atoms with Gasteiger partial charge in [-0.3, -0.25) is 4.90 Å². The Bertz CT molecular complexity index is 396. The van der Waals surface area contributed by atoms with Crippen LogP contribution in [0.15, 0.2) is 0 Å². The Morgan fingerprint density at radius 2 is 1.81 bits per heavy atom. The van der Waals surface area contributed by atoms with Crippen LogP contribution in [0.2, 0.25) is 0 Å². The smallest absolute Gasteiger partial charge is 0.411 e. The van der Waals surface area contributed by atoms with E-state index in [2.05, 4.69) is 0 Å². The second-order valence-corrected chi connectivity index (χ2v) is 7.47. The molecule has 2 rings (SSSR count). The molecule has 1 amide bonds. The number of carbonyl (C=O) groups excluding carboxylic acids is 1. The highest BCUT2D eigenvalue weighted by Gasteiger charge is 2.42. The Morgan fingerprint density at radius 1 is 1.19 bits per heavy atom. The van der Waals surface area contributed by atoms with Gasteiger partial charge in [0.15, 0.2) is 0 Å². The van der Waals surface area contributed by atoms with Gasteiger partial charge < -0.3 is 9.84 Å². The van der Waals surface area contributed by atoms with Crippen LogP contribution in [0.25, 0.3) is 0 Å². The van der Waals surface area contributed by atoms with Crippen LogP contribution >= 0.6 is 0 Å². The highest BCUT2D eigenvalue weighted by molar-refractivity contribution is 5.81. The second kappa shape index (κ2) is 6.24. The fourth-order valence-electron chi connectivity index (χ4n) is 3.57.